The number of rotatable bonds is 4. The molecule has 1 aliphatic heterocycles. The van der Waals surface area contributed by atoms with Gasteiger partial charge in [0.2, 0.25) is 0 Å². The highest BCUT2D eigenvalue weighted by Gasteiger charge is 2.18. The largest absolute Gasteiger partial charge is 0.444 e. The number of nitrogens with zero attached hydrogens (tertiary/aromatic N) is 2. The maximum absolute atomic E-state index is 12.4. The minimum atomic E-state index is -0.543. The number of nitrogens with one attached hydrogen (secondary N) is 1. The van der Waals surface area contributed by atoms with Crippen LogP contribution < -0.4 is 5.32 Å². The fourth-order valence-corrected chi connectivity index (χ4v) is 2.76. The van der Waals surface area contributed by atoms with Gasteiger partial charge < -0.3 is 9.64 Å². The second kappa shape index (κ2) is 8.28. The minimum absolute atomic E-state index is 0.0467. The molecule has 2 heterocycles. The van der Waals surface area contributed by atoms with E-state index in [1.54, 1.807) is 42.7 Å². The number of amides is 2. The fraction of sp³-hybridized carbons (Fsp3) is 0.316. The molecule has 0 spiro atoms. The lowest BCUT2D eigenvalue weighted by Gasteiger charge is -2.26. The Morgan fingerprint density at radius 3 is 2.52 bits per heavy atom. The van der Waals surface area contributed by atoms with Crippen molar-refractivity contribution >= 4 is 17.7 Å². The van der Waals surface area contributed by atoms with Crippen molar-refractivity contribution in [1.29, 1.82) is 0 Å². The van der Waals surface area contributed by atoms with Crippen LogP contribution in [0.15, 0.2) is 48.8 Å². The summed E-state index contributed by atoms with van der Waals surface area (Å²) in [5.41, 5.74) is 2.04. The van der Waals surface area contributed by atoms with Crippen molar-refractivity contribution in [3.63, 3.8) is 0 Å². The van der Waals surface area contributed by atoms with Gasteiger partial charge in [-0.2, -0.15) is 0 Å². The van der Waals surface area contributed by atoms with Crippen molar-refractivity contribution in [3.05, 3.63) is 59.9 Å². The van der Waals surface area contributed by atoms with Gasteiger partial charge in [0.1, 0.15) is 6.61 Å². The first-order chi connectivity index (χ1) is 12.2. The number of hydrogen-bond acceptors (Lipinski definition) is 4. The molecule has 2 aromatic rings. The molecule has 25 heavy (non-hydrogen) atoms. The van der Waals surface area contributed by atoms with Crippen LogP contribution in [0.2, 0.25) is 0 Å². The predicted octanol–water partition coefficient (Wildman–Crippen LogP) is 3.46. The summed E-state index contributed by atoms with van der Waals surface area (Å²) in [6.45, 7) is 1.80. The number of anilines is 1. The summed E-state index contributed by atoms with van der Waals surface area (Å²) in [5.74, 6) is 0.0467. The standard InChI is InChI=1S/C19H21N3O3/c23-18(22-11-2-1-3-12-22)16-6-8-17(9-7-16)21-19(24)25-14-15-5-4-10-20-13-15/h4-10,13H,1-3,11-12,14H2,(H,21,24). The van der Waals surface area contributed by atoms with Crippen LogP contribution in [0.25, 0.3) is 0 Å². The lowest BCUT2D eigenvalue weighted by molar-refractivity contribution is 0.0724. The van der Waals surface area contributed by atoms with E-state index in [9.17, 15) is 9.59 Å². The van der Waals surface area contributed by atoms with Crippen molar-refractivity contribution in [2.24, 2.45) is 0 Å². The molecule has 6 nitrogen and oxygen atoms in total. The number of benzene rings is 1. The van der Waals surface area contributed by atoms with E-state index in [0.717, 1.165) is 31.5 Å². The Morgan fingerprint density at radius 1 is 1.08 bits per heavy atom. The second-order valence-corrected chi connectivity index (χ2v) is 5.99. The highest BCUT2D eigenvalue weighted by Crippen LogP contribution is 2.15. The molecule has 1 aromatic carbocycles. The molecule has 6 heteroatoms. The number of pyridine rings is 1. The first-order valence-electron chi connectivity index (χ1n) is 8.44. The zero-order chi connectivity index (χ0) is 17.5. The number of ether oxygens (including phenoxy) is 1. The maximum atomic E-state index is 12.4. The lowest BCUT2D eigenvalue weighted by Crippen LogP contribution is -2.35. The number of hydrogen-bond donors (Lipinski definition) is 1. The molecule has 0 atom stereocenters. The predicted molar refractivity (Wildman–Crippen MR) is 94.2 cm³/mol. The van der Waals surface area contributed by atoms with Crippen molar-refractivity contribution in [2.75, 3.05) is 18.4 Å². The molecule has 1 fully saturated rings. The molecule has 0 bridgehead atoms. The molecule has 1 N–H and O–H groups in total. The van der Waals surface area contributed by atoms with Crippen LogP contribution in [0.1, 0.15) is 35.2 Å². The van der Waals surface area contributed by atoms with Crippen molar-refractivity contribution in [3.8, 4) is 0 Å². The van der Waals surface area contributed by atoms with E-state index in [1.807, 2.05) is 11.0 Å². The third kappa shape index (κ3) is 4.79. The third-order valence-electron chi connectivity index (χ3n) is 4.11. The Bertz CT molecular complexity index is 710. The SMILES string of the molecule is O=C(Nc1ccc(C(=O)N2CCCCC2)cc1)OCc1cccnc1. The van der Waals surface area contributed by atoms with E-state index in [0.29, 0.717) is 11.3 Å². The normalized spacial score (nSPS) is 14.0. The Morgan fingerprint density at radius 2 is 1.84 bits per heavy atom. The summed E-state index contributed by atoms with van der Waals surface area (Å²) < 4.78 is 5.14. The maximum Gasteiger partial charge on any atom is 0.411 e. The molecule has 0 radical (unpaired) electrons. The molecule has 130 valence electrons. The lowest BCUT2D eigenvalue weighted by atomic mass is 10.1. The molecule has 0 aliphatic carbocycles. The fourth-order valence-electron chi connectivity index (χ4n) is 2.76. The van der Waals surface area contributed by atoms with Gasteiger partial charge in [-0.25, -0.2) is 4.79 Å². The van der Waals surface area contributed by atoms with E-state index in [2.05, 4.69) is 10.3 Å². The molecule has 1 saturated heterocycles. The molecule has 0 saturated carbocycles. The van der Waals surface area contributed by atoms with Crippen LogP contribution in [0, 0.1) is 0 Å². The Hall–Kier alpha value is -2.89. The van der Waals surface area contributed by atoms with E-state index >= 15 is 0 Å². The van der Waals surface area contributed by atoms with Gasteiger partial charge in [-0.3, -0.25) is 15.1 Å². The first-order valence-corrected chi connectivity index (χ1v) is 8.44. The molecule has 1 aromatic heterocycles. The smallest absolute Gasteiger partial charge is 0.411 e. The third-order valence-corrected chi connectivity index (χ3v) is 4.11. The summed E-state index contributed by atoms with van der Waals surface area (Å²) in [7, 11) is 0. The average Bonchev–Trinajstić information content (AvgIpc) is 2.68. The summed E-state index contributed by atoms with van der Waals surface area (Å²) in [4.78, 5) is 30.1. The van der Waals surface area contributed by atoms with E-state index in [-0.39, 0.29) is 12.5 Å². The van der Waals surface area contributed by atoms with Crippen LogP contribution >= 0.6 is 0 Å². The second-order valence-electron chi connectivity index (χ2n) is 5.99. The van der Waals surface area contributed by atoms with Gasteiger partial charge in [0, 0.05) is 42.3 Å². The van der Waals surface area contributed by atoms with Crippen molar-refractivity contribution in [2.45, 2.75) is 25.9 Å². The van der Waals surface area contributed by atoms with Crippen LogP contribution in [0.4, 0.5) is 10.5 Å². The molecular weight excluding hydrogens is 318 g/mol. The summed E-state index contributed by atoms with van der Waals surface area (Å²) in [6.07, 6.45) is 6.08. The van der Waals surface area contributed by atoms with Gasteiger partial charge >= 0.3 is 6.09 Å². The summed E-state index contributed by atoms with van der Waals surface area (Å²) in [6, 6.07) is 10.5. The van der Waals surface area contributed by atoms with Crippen LogP contribution in [0.5, 0.6) is 0 Å². The monoisotopic (exact) mass is 339 g/mol. The van der Waals surface area contributed by atoms with E-state index < -0.39 is 6.09 Å². The summed E-state index contributed by atoms with van der Waals surface area (Å²) >= 11 is 0. The minimum Gasteiger partial charge on any atom is -0.444 e. The quantitative estimate of drug-likeness (QED) is 0.926. The number of carbonyl (C=O) groups is 2. The van der Waals surface area contributed by atoms with Crippen molar-refractivity contribution < 1.29 is 14.3 Å². The van der Waals surface area contributed by atoms with Crippen LogP contribution in [-0.4, -0.2) is 35.0 Å². The van der Waals surface area contributed by atoms with Crippen LogP contribution in [0.3, 0.4) is 0 Å². The number of aromatic nitrogens is 1. The molecule has 1 aliphatic rings. The zero-order valence-electron chi connectivity index (χ0n) is 14.0. The highest BCUT2D eigenvalue weighted by molar-refractivity contribution is 5.95. The molecular formula is C19H21N3O3. The van der Waals surface area contributed by atoms with Crippen LogP contribution in [-0.2, 0) is 11.3 Å². The Kier molecular flexibility index (Phi) is 5.61. The molecule has 3 rings (SSSR count). The Labute approximate surface area is 146 Å². The van der Waals surface area contributed by atoms with Gasteiger partial charge in [0.15, 0.2) is 0 Å². The summed E-state index contributed by atoms with van der Waals surface area (Å²) in [5, 5.41) is 2.65. The topological polar surface area (TPSA) is 71.5 Å². The number of carbonyl (C=O) groups excluding carboxylic acids is 2. The zero-order valence-corrected chi connectivity index (χ0v) is 14.0. The number of piperidine rings is 1. The van der Waals surface area contributed by atoms with Crippen molar-refractivity contribution in [1.82, 2.24) is 9.88 Å². The molecule has 0 unspecified atom stereocenters. The van der Waals surface area contributed by atoms with Gasteiger partial charge in [0.05, 0.1) is 0 Å². The van der Waals surface area contributed by atoms with E-state index in [4.69, 9.17) is 4.74 Å². The first kappa shape index (κ1) is 17.0. The van der Waals surface area contributed by atoms with Gasteiger partial charge in [-0.05, 0) is 49.6 Å². The Balaban J connectivity index is 1.51. The van der Waals surface area contributed by atoms with Gasteiger partial charge in [0.25, 0.3) is 5.91 Å². The number of likely N-dealkylation sites (tertiary alicyclic amines) is 1. The van der Waals surface area contributed by atoms with E-state index in [1.165, 1.54) is 6.42 Å². The molecule has 2 amide bonds. The van der Waals surface area contributed by atoms with Gasteiger partial charge in [-0.1, -0.05) is 6.07 Å². The average molecular weight is 339 g/mol. The van der Waals surface area contributed by atoms with Gasteiger partial charge in [-0.15, -0.1) is 0 Å². The highest BCUT2D eigenvalue weighted by atomic mass is 16.5.